The van der Waals surface area contributed by atoms with E-state index in [1.165, 1.54) is 12.1 Å². The first-order chi connectivity index (χ1) is 9.04. The van der Waals surface area contributed by atoms with Gasteiger partial charge in [-0.05, 0) is 25.8 Å². The SMILES string of the molecule is CCN1C(=O)CCCC(N)C1c1ccc([N+](=O)[O-])o1. The topological polar surface area (TPSA) is 103 Å². The van der Waals surface area contributed by atoms with E-state index in [1.807, 2.05) is 6.92 Å². The van der Waals surface area contributed by atoms with Gasteiger partial charge in [-0.3, -0.25) is 14.9 Å². The van der Waals surface area contributed by atoms with Crippen molar-refractivity contribution < 1.29 is 14.1 Å². The lowest BCUT2D eigenvalue weighted by molar-refractivity contribution is -0.402. The Bertz CT molecular complexity index is 485. The summed E-state index contributed by atoms with van der Waals surface area (Å²) in [7, 11) is 0. The minimum absolute atomic E-state index is 0.0134. The largest absolute Gasteiger partial charge is 0.433 e. The van der Waals surface area contributed by atoms with Crippen LogP contribution in [0.3, 0.4) is 0 Å². The number of rotatable bonds is 3. The number of amides is 1. The number of hydrogen-bond donors (Lipinski definition) is 1. The molecule has 2 N–H and O–H groups in total. The zero-order chi connectivity index (χ0) is 14.0. The molecule has 2 unspecified atom stereocenters. The van der Waals surface area contributed by atoms with Gasteiger partial charge in [0.15, 0.2) is 0 Å². The Balaban J connectivity index is 2.35. The Morgan fingerprint density at radius 1 is 1.58 bits per heavy atom. The number of carbonyl (C=O) groups is 1. The van der Waals surface area contributed by atoms with Gasteiger partial charge in [0.1, 0.15) is 16.7 Å². The van der Waals surface area contributed by atoms with Gasteiger partial charge < -0.3 is 15.1 Å². The van der Waals surface area contributed by atoms with Crippen molar-refractivity contribution in [1.29, 1.82) is 0 Å². The van der Waals surface area contributed by atoms with Crippen molar-refractivity contribution in [2.75, 3.05) is 6.54 Å². The highest BCUT2D eigenvalue weighted by Crippen LogP contribution is 2.32. The van der Waals surface area contributed by atoms with Gasteiger partial charge in [-0.25, -0.2) is 0 Å². The third-order valence-electron chi connectivity index (χ3n) is 3.41. The normalized spacial score (nSPS) is 24.3. The average Bonchev–Trinajstić information content (AvgIpc) is 2.79. The molecule has 1 aliphatic rings. The Morgan fingerprint density at radius 2 is 2.32 bits per heavy atom. The van der Waals surface area contributed by atoms with Gasteiger partial charge in [0.2, 0.25) is 5.91 Å². The van der Waals surface area contributed by atoms with Crippen LogP contribution in [0.5, 0.6) is 0 Å². The molecule has 1 saturated heterocycles. The summed E-state index contributed by atoms with van der Waals surface area (Å²) >= 11 is 0. The Morgan fingerprint density at radius 3 is 2.89 bits per heavy atom. The third-order valence-corrected chi connectivity index (χ3v) is 3.41. The predicted octanol–water partition coefficient (Wildman–Crippen LogP) is 1.59. The molecule has 0 saturated carbocycles. The van der Waals surface area contributed by atoms with E-state index >= 15 is 0 Å². The highest BCUT2D eigenvalue weighted by atomic mass is 16.6. The van der Waals surface area contributed by atoms with Gasteiger partial charge in [0.25, 0.3) is 0 Å². The number of furan rings is 1. The lowest BCUT2D eigenvalue weighted by Crippen LogP contribution is -2.41. The van der Waals surface area contributed by atoms with Gasteiger partial charge >= 0.3 is 5.88 Å². The van der Waals surface area contributed by atoms with Crippen molar-refractivity contribution in [3.8, 4) is 0 Å². The van der Waals surface area contributed by atoms with E-state index in [9.17, 15) is 14.9 Å². The first-order valence-electron chi connectivity index (χ1n) is 6.33. The zero-order valence-electron chi connectivity index (χ0n) is 10.7. The smallest absolute Gasteiger partial charge is 0.404 e. The molecule has 104 valence electrons. The lowest BCUT2D eigenvalue weighted by Gasteiger charge is -2.30. The fourth-order valence-corrected chi connectivity index (χ4v) is 2.51. The summed E-state index contributed by atoms with van der Waals surface area (Å²) in [5.41, 5.74) is 6.10. The maximum atomic E-state index is 12.0. The van der Waals surface area contributed by atoms with Crippen LogP contribution >= 0.6 is 0 Å². The van der Waals surface area contributed by atoms with Gasteiger partial charge in [-0.1, -0.05) is 0 Å². The van der Waals surface area contributed by atoms with E-state index in [4.69, 9.17) is 10.2 Å². The fourth-order valence-electron chi connectivity index (χ4n) is 2.51. The first-order valence-corrected chi connectivity index (χ1v) is 6.33. The predicted molar refractivity (Wildman–Crippen MR) is 67.3 cm³/mol. The third kappa shape index (κ3) is 2.60. The molecule has 0 radical (unpaired) electrons. The molecular weight excluding hydrogens is 250 g/mol. The van der Waals surface area contributed by atoms with E-state index in [0.717, 1.165) is 6.42 Å². The minimum atomic E-state index is -0.593. The molecule has 19 heavy (non-hydrogen) atoms. The van der Waals surface area contributed by atoms with E-state index in [-0.39, 0.29) is 17.8 Å². The number of likely N-dealkylation sites (N-methyl/N-ethyl adjacent to an activating group) is 1. The monoisotopic (exact) mass is 267 g/mol. The summed E-state index contributed by atoms with van der Waals surface area (Å²) in [4.78, 5) is 23.7. The maximum absolute atomic E-state index is 12.0. The summed E-state index contributed by atoms with van der Waals surface area (Å²) in [6.07, 6.45) is 1.89. The second-order valence-electron chi connectivity index (χ2n) is 4.61. The molecule has 0 spiro atoms. The van der Waals surface area contributed by atoms with Crippen molar-refractivity contribution in [3.05, 3.63) is 28.0 Å². The molecule has 7 heteroatoms. The molecule has 2 heterocycles. The van der Waals surface area contributed by atoms with Crippen molar-refractivity contribution in [1.82, 2.24) is 4.90 Å². The number of nitrogens with two attached hydrogens (primary N) is 1. The highest BCUT2D eigenvalue weighted by molar-refractivity contribution is 5.77. The van der Waals surface area contributed by atoms with Crippen LogP contribution in [0.15, 0.2) is 16.5 Å². The second-order valence-corrected chi connectivity index (χ2v) is 4.61. The van der Waals surface area contributed by atoms with Crippen LogP contribution in [0.1, 0.15) is 38.0 Å². The molecule has 1 amide bonds. The van der Waals surface area contributed by atoms with Crippen LogP contribution in [0.4, 0.5) is 5.88 Å². The van der Waals surface area contributed by atoms with Gasteiger partial charge in [0.05, 0.1) is 6.07 Å². The molecule has 1 aliphatic heterocycles. The van der Waals surface area contributed by atoms with Crippen molar-refractivity contribution >= 4 is 11.8 Å². The standard InChI is InChI=1S/C12H17N3O4/c1-2-14-10(16)5-3-4-8(13)12(14)9-6-7-11(19-9)15(17)18/h6-8,12H,2-5,13H2,1H3. The molecule has 0 aromatic carbocycles. The van der Waals surface area contributed by atoms with Crippen LogP contribution in [0.25, 0.3) is 0 Å². The Kier molecular flexibility index (Phi) is 3.84. The number of nitrogens with zero attached hydrogens (tertiary/aromatic N) is 2. The first kappa shape index (κ1) is 13.5. The lowest BCUT2D eigenvalue weighted by atomic mass is 10.0. The van der Waals surface area contributed by atoms with E-state index in [1.54, 1.807) is 4.90 Å². The summed E-state index contributed by atoms with van der Waals surface area (Å²) in [6, 6.07) is 2.14. The number of carbonyl (C=O) groups excluding carboxylic acids is 1. The van der Waals surface area contributed by atoms with Gasteiger partial charge in [0, 0.05) is 19.0 Å². The van der Waals surface area contributed by atoms with E-state index in [0.29, 0.717) is 25.1 Å². The molecule has 1 aromatic rings. The number of hydrogen-bond acceptors (Lipinski definition) is 5. The Labute approximate surface area is 110 Å². The quantitative estimate of drug-likeness (QED) is 0.661. The molecule has 0 bridgehead atoms. The maximum Gasteiger partial charge on any atom is 0.433 e. The van der Waals surface area contributed by atoms with Crippen molar-refractivity contribution in [3.63, 3.8) is 0 Å². The molecule has 0 aliphatic carbocycles. The Hall–Kier alpha value is -1.89. The highest BCUT2D eigenvalue weighted by Gasteiger charge is 2.34. The summed E-state index contributed by atoms with van der Waals surface area (Å²) in [5.74, 6) is 0.0748. The van der Waals surface area contributed by atoms with Crippen LogP contribution in [0, 0.1) is 10.1 Å². The molecule has 1 fully saturated rings. The average molecular weight is 267 g/mol. The van der Waals surface area contributed by atoms with Crippen molar-refractivity contribution in [2.24, 2.45) is 5.73 Å². The second kappa shape index (κ2) is 5.40. The van der Waals surface area contributed by atoms with Gasteiger partial charge in [-0.15, -0.1) is 0 Å². The van der Waals surface area contributed by atoms with E-state index < -0.39 is 11.0 Å². The number of nitro groups is 1. The summed E-state index contributed by atoms with van der Waals surface area (Å²) < 4.78 is 5.22. The molecule has 7 nitrogen and oxygen atoms in total. The van der Waals surface area contributed by atoms with Crippen LogP contribution < -0.4 is 5.73 Å². The molecule has 1 aromatic heterocycles. The van der Waals surface area contributed by atoms with Crippen LogP contribution in [-0.4, -0.2) is 28.3 Å². The number of likely N-dealkylation sites (tertiary alicyclic amines) is 1. The summed E-state index contributed by atoms with van der Waals surface area (Å²) in [5, 5.41) is 10.7. The minimum Gasteiger partial charge on any atom is -0.404 e. The van der Waals surface area contributed by atoms with Crippen LogP contribution in [0.2, 0.25) is 0 Å². The molecular formula is C12H17N3O4. The van der Waals surface area contributed by atoms with E-state index in [2.05, 4.69) is 0 Å². The van der Waals surface area contributed by atoms with Gasteiger partial charge in [-0.2, -0.15) is 0 Å². The zero-order valence-corrected chi connectivity index (χ0v) is 10.7. The molecule has 2 rings (SSSR count). The molecule has 2 atom stereocenters. The van der Waals surface area contributed by atoms with Crippen LogP contribution in [-0.2, 0) is 4.79 Å². The summed E-state index contributed by atoms with van der Waals surface area (Å²) in [6.45, 7) is 2.37. The van der Waals surface area contributed by atoms with Crippen molar-refractivity contribution in [2.45, 2.75) is 38.3 Å². The fraction of sp³-hybridized carbons (Fsp3) is 0.583.